The highest BCUT2D eigenvalue weighted by molar-refractivity contribution is 6.03. The van der Waals surface area contributed by atoms with Crippen LogP contribution < -0.4 is 9.47 Å². The number of hydrogen-bond donors (Lipinski definition) is 2. The van der Waals surface area contributed by atoms with Gasteiger partial charge in [0.25, 0.3) is 5.69 Å². The van der Waals surface area contributed by atoms with Crippen LogP contribution in [0.15, 0.2) is 96.2 Å². The van der Waals surface area contributed by atoms with Crippen LogP contribution in [0.3, 0.4) is 0 Å². The molecular weight excluding hydrogens is 903 g/mol. The Morgan fingerprint density at radius 1 is 0.887 bits per heavy atom. The van der Waals surface area contributed by atoms with Gasteiger partial charge >= 0.3 is 6.09 Å². The Kier molecular flexibility index (Phi) is 22.0. The summed E-state index contributed by atoms with van der Waals surface area (Å²) >= 11 is 0. The van der Waals surface area contributed by atoms with Gasteiger partial charge in [0, 0.05) is 55.4 Å². The van der Waals surface area contributed by atoms with Crippen molar-refractivity contribution in [1.29, 1.82) is 0 Å². The largest absolute Gasteiger partial charge is 0.459 e. The second-order valence-corrected chi connectivity index (χ2v) is 19.3. The minimum absolute atomic E-state index is 0.00239. The van der Waals surface area contributed by atoms with E-state index in [-0.39, 0.29) is 62.9 Å². The van der Waals surface area contributed by atoms with Gasteiger partial charge in [-0.15, -0.1) is 6.58 Å². The second-order valence-electron chi connectivity index (χ2n) is 19.3. The zero-order valence-corrected chi connectivity index (χ0v) is 42.1. The SMILES string of the molecule is C=CCOC12Oc3ccc(Oc4cccc(C=O)c4)cc3C3C(CCCCO)C(CCCCO)C=C(C(=NOCc4ccc([N+](=O)[O-])cc4)CC1N(CCC)C(=O)OCCCCCCCCCCCC)C32. The molecule has 1 saturated carbocycles. The monoisotopic (exact) mass is 980 g/mol. The number of hydrogen-bond acceptors (Lipinski definition) is 12. The Morgan fingerprint density at radius 3 is 2.27 bits per heavy atom. The number of fused-ring (bicyclic) bond motifs is 2. The topological polar surface area (TPSA) is 179 Å². The van der Waals surface area contributed by atoms with E-state index in [0.29, 0.717) is 59.9 Å². The maximum absolute atomic E-state index is 14.7. The first kappa shape index (κ1) is 54.8. The zero-order chi connectivity index (χ0) is 50.4. The molecule has 386 valence electrons. The molecule has 1 aliphatic heterocycles. The number of aldehydes is 1. The molecule has 2 N–H and O–H groups in total. The predicted molar refractivity (Wildman–Crippen MR) is 275 cm³/mol. The van der Waals surface area contributed by atoms with E-state index >= 15 is 0 Å². The van der Waals surface area contributed by atoms with E-state index in [0.717, 1.165) is 62.4 Å². The first-order chi connectivity index (χ1) is 34.7. The van der Waals surface area contributed by atoms with Crippen molar-refractivity contribution in [3.63, 3.8) is 0 Å². The van der Waals surface area contributed by atoms with Crippen LogP contribution in [0.25, 0.3) is 0 Å². The quantitative estimate of drug-likeness (QED) is 0.0200. The first-order valence-electron chi connectivity index (χ1n) is 26.3. The summed E-state index contributed by atoms with van der Waals surface area (Å²) in [6.07, 6.45) is 21.0. The molecule has 3 aromatic carbocycles. The van der Waals surface area contributed by atoms with Crippen LogP contribution >= 0.6 is 0 Å². The Balaban J connectivity index is 1.44. The van der Waals surface area contributed by atoms with Crippen LogP contribution in [0.4, 0.5) is 10.5 Å². The summed E-state index contributed by atoms with van der Waals surface area (Å²) in [4.78, 5) is 45.4. The number of carbonyl (C=O) groups excluding carboxylic acids is 2. The molecule has 71 heavy (non-hydrogen) atoms. The molecule has 6 rings (SSSR count). The molecule has 1 fully saturated rings. The van der Waals surface area contributed by atoms with E-state index in [2.05, 4.69) is 19.6 Å². The van der Waals surface area contributed by atoms with Gasteiger partial charge in [-0.3, -0.25) is 19.8 Å². The maximum Gasteiger partial charge on any atom is 0.410 e. The highest BCUT2D eigenvalue weighted by Crippen LogP contribution is 2.62. The molecule has 1 heterocycles. The number of allylic oxidation sites excluding steroid dienone is 1. The number of unbranched alkanes of at least 4 members (excludes halogenated alkanes) is 11. The lowest BCUT2D eigenvalue weighted by atomic mass is 9.55. The van der Waals surface area contributed by atoms with Gasteiger partial charge in [-0.1, -0.05) is 114 Å². The van der Waals surface area contributed by atoms with Crippen LogP contribution in [0.1, 0.15) is 157 Å². The standard InChI is InChI=1S/C57H77N3O11/c1-4-7-8-9-10-11-12-13-14-19-35-67-56(64)59(31-5-2)53-39-51(58-69-41-42-25-27-45(28-26-42)60(65)66)49-37-44(22-15-17-32-61)48(24-16-18-33-62)54-50-38-47(70-46-23-20-21-43(36-46)40-63)29-30-52(50)71-57(53,55(49)54)68-34-6-3/h6,20-21,23,25-30,36-38,40,44,48,53-55,61-62H,3-5,7-19,22,24,31-35,39,41H2,1-2H3. The number of nitrogens with zero attached hydrogens (tertiary/aromatic N) is 3. The number of benzene rings is 3. The molecule has 0 aromatic heterocycles. The lowest BCUT2D eigenvalue weighted by Crippen LogP contribution is -2.70. The van der Waals surface area contributed by atoms with Gasteiger partial charge in [-0.05, 0) is 104 Å². The first-order valence-corrected chi connectivity index (χ1v) is 26.3. The predicted octanol–water partition coefficient (Wildman–Crippen LogP) is 12.8. The smallest absolute Gasteiger partial charge is 0.410 e. The highest BCUT2D eigenvalue weighted by Gasteiger charge is 2.65. The summed E-state index contributed by atoms with van der Waals surface area (Å²) in [6, 6.07) is 18.1. The lowest BCUT2D eigenvalue weighted by Gasteiger charge is -2.59. The Morgan fingerprint density at radius 2 is 1.59 bits per heavy atom. The summed E-state index contributed by atoms with van der Waals surface area (Å²) in [5.74, 6) is -0.680. The zero-order valence-electron chi connectivity index (χ0n) is 42.1. The van der Waals surface area contributed by atoms with E-state index in [1.165, 1.54) is 57.1 Å². The Hall–Kier alpha value is -5.57. The fraction of sp³-hybridized carbons (Fsp3) is 0.561. The molecule has 3 aliphatic rings. The number of aliphatic hydroxyl groups is 2. The number of amides is 1. The van der Waals surface area contributed by atoms with E-state index in [4.69, 9.17) is 28.9 Å². The third-order valence-corrected chi connectivity index (χ3v) is 14.2. The van der Waals surface area contributed by atoms with Gasteiger partial charge in [0.15, 0.2) is 0 Å². The number of rotatable bonds is 32. The van der Waals surface area contributed by atoms with Crippen LogP contribution in [0.2, 0.25) is 0 Å². The van der Waals surface area contributed by atoms with E-state index < -0.39 is 28.8 Å². The van der Waals surface area contributed by atoms with Crippen molar-refractivity contribution >= 4 is 23.8 Å². The normalized spacial score (nSPS) is 21.5. The molecule has 6 unspecified atom stereocenters. The van der Waals surface area contributed by atoms with Crippen molar-refractivity contribution in [1.82, 2.24) is 4.90 Å². The van der Waals surface area contributed by atoms with Gasteiger partial charge in [-0.2, -0.15) is 0 Å². The van der Waals surface area contributed by atoms with E-state index in [1.54, 1.807) is 47.4 Å². The minimum Gasteiger partial charge on any atom is -0.459 e. The molecule has 0 saturated heterocycles. The van der Waals surface area contributed by atoms with Crippen molar-refractivity contribution in [3.8, 4) is 17.2 Å². The third kappa shape index (κ3) is 14.5. The average molecular weight is 980 g/mol. The van der Waals surface area contributed by atoms with E-state index in [1.807, 2.05) is 25.1 Å². The highest BCUT2D eigenvalue weighted by atomic mass is 16.7. The minimum atomic E-state index is -1.47. The van der Waals surface area contributed by atoms with Gasteiger partial charge in [0.2, 0.25) is 5.79 Å². The lowest BCUT2D eigenvalue weighted by molar-refractivity contribution is -0.384. The van der Waals surface area contributed by atoms with Gasteiger partial charge in [0.1, 0.15) is 36.2 Å². The van der Waals surface area contributed by atoms with Crippen molar-refractivity contribution in [3.05, 3.63) is 118 Å². The van der Waals surface area contributed by atoms with Crippen LogP contribution in [-0.2, 0) is 20.9 Å². The number of nitro groups is 1. The van der Waals surface area contributed by atoms with Gasteiger partial charge in [0.05, 0.1) is 29.8 Å². The Bertz CT molecular complexity index is 2230. The third-order valence-electron chi connectivity index (χ3n) is 14.2. The van der Waals surface area contributed by atoms with Crippen LogP contribution in [-0.4, -0.2) is 82.9 Å². The summed E-state index contributed by atoms with van der Waals surface area (Å²) in [6.45, 7) is 9.22. The second kappa shape index (κ2) is 28.5. The molecule has 14 nitrogen and oxygen atoms in total. The summed E-state index contributed by atoms with van der Waals surface area (Å²) < 4.78 is 27.1. The number of ether oxygens (including phenoxy) is 4. The van der Waals surface area contributed by atoms with Gasteiger partial charge in [-0.25, -0.2) is 4.79 Å². The van der Waals surface area contributed by atoms with Crippen LogP contribution in [0, 0.1) is 27.9 Å². The number of aliphatic hydroxyl groups excluding tert-OH is 2. The fourth-order valence-corrected chi connectivity index (χ4v) is 10.8. The number of oxime groups is 1. The molecule has 1 amide bonds. The van der Waals surface area contributed by atoms with Crippen molar-refractivity contribution in [2.24, 2.45) is 22.9 Å². The molecule has 0 spiro atoms. The molecule has 6 atom stereocenters. The molecule has 0 bridgehead atoms. The number of nitro benzene ring substituents is 1. The van der Waals surface area contributed by atoms with Gasteiger partial charge < -0.3 is 34.0 Å². The van der Waals surface area contributed by atoms with Crippen molar-refractivity contribution < 1.29 is 48.5 Å². The van der Waals surface area contributed by atoms with Crippen molar-refractivity contribution in [2.75, 3.05) is 33.0 Å². The number of non-ortho nitro benzene ring substituents is 1. The van der Waals surface area contributed by atoms with Crippen molar-refractivity contribution in [2.45, 2.75) is 154 Å². The molecule has 14 heteroatoms. The maximum atomic E-state index is 14.7. The van der Waals surface area contributed by atoms with E-state index in [9.17, 15) is 29.9 Å². The fourth-order valence-electron chi connectivity index (χ4n) is 10.8. The molecular formula is C57H77N3O11. The summed E-state index contributed by atoms with van der Waals surface area (Å²) in [7, 11) is 0. The number of carbonyl (C=O) groups is 2. The van der Waals surface area contributed by atoms with Crippen LogP contribution in [0.5, 0.6) is 17.2 Å². The summed E-state index contributed by atoms with van der Waals surface area (Å²) in [5.41, 5.74) is 3.54. The average Bonchev–Trinajstić information content (AvgIpc) is 3.38. The summed E-state index contributed by atoms with van der Waals surface area (Å²) in [5, 5.41) is 36.3. The molecule has 0 radical (unpaired) electrons. The molecule has 3 aromatic rings. The molecule has 2 aliphatic carbocycles. The Labute approximate surface area is 420 Å².